The van der Waals surface area contributed by atoms with E-state index >= 15 is 0 Å². The maximum absolute atomic E-state index is 10.3. The minimum absolute atomic E-state index is 0.0977. The van der Waals surface area contributed by atoms with Crippen LogP contribution >= 0.6 is 0 Å². The average Bonchev–Trinajstić information content (AvgIpc) is 2.41. The molecule has 0 aromatic heterocycles. The Morgan fingerprint density at radius 1 is 1.00 bits per heavy atom. The van der Waals surface area contributed by atoms with E-state index in [-0.39, 0.29) is 12.2 Å². The van der Waals surface area contributed by atoms with Crippen LogP contribution < -0.4 is 0 Å². The molecule has 2 rings (SSSR count). The van der Waals surface area contributed by atoms with Crippen molar-refractivity contribution in [3.05, 3.63) is 0 Å². The van der Waals surface area contributed by atoms with Gasteiger partial charge in [0.25, 0.3) is 0 Å². The van der Waals surface area contributed by atoms with Gasteiger partial charge in [-0.05, 0) is 75.8 Å². The Kier molecular flexibility index (Phi) is 5.88. The summed E-state index contributed by atoms with van der Waals surface area (Å²) in [6.07, 6.45) is 5.32. The second-order valence-corrected chi connectivity index (χ2v) is 7.52. The fourth-order valence-corrected chi connectivity index (χ4v) is 4.04. The molecular weight excluding hydrogens is 250 g/mol. The van der Waals surface area contributed by atoms with E-state index in [4.69, 9.17) is 0 Å². The molecule has 0 amide bonds. The van der Waals surface area contributed by atoms with Gasteiger partial charge in [-0.15, -0.1) is 0 Å². The van der Waals surface area contributed by atoms with Crippen molar-refractivity contribution < 1.29 is 10.2 Å². The smallest absolute Gasteiger partial charge is 0.0580 e. The van der Waals surface area contributed by atoms with Crippen molar-refractivity contribution in [1.29, 1.82) is 0 Å². The van der Waals surface area contributed by atoms with E-state index in [1.54, 1.807) is 0 Å². The van der Waals surface area contributed by atoms with Crippen LogP contribution in [-0.4, -0.2) is 47.0 Å². The first kappa shape index (κ1) is 16.3. The molecule has 0 aromatic carbocycles. The Balaban J connectivity index is 1.80. The molecule has 1 heterocycles. The topological polar surface area (TPSA) is 43.7 Å². The third-order valence-corrected chi connectivity index (χ3v) is 5.73. The Morgan fingerprint density at radius 3 is 2.20 bits per heavy atom. The first-order chi connectivity index (χ1) is 9.47. The van der Waals surface area contributed by atoms with Crippen molar-refractivity contribution >= 4 is 0 Å². The van der Waals surface area contributed by atoms with E-state index in [0.29, 0.717) is 11.8 Å². The first-order valence-electron chi connectivity index (χ1n) is 8.55. The molecular formula is C17H33NO2. The average molecular weight is 283 g/mol. The molecule has 20 heavy (non-hydrogen) atoms. The summed E-state index contributed by atoms with van der Waals surface area (Å²) in [5, 5.41) is 19.9. The molecule has 3 heteroatoms. The van der Waals surface area contributed by atoms with E-state index in [1.165, 1.54) is 12.8 Å². The third-order valence-electron chi connectivity index (χ3n) is 5.73. The highest BCUT2D eigenvalue weighted by atomic mass is 16.3. The summed E-state index contributed by atoms with van der Waals surface area (Å²) < 4.78 is 0. The summed E-state index contributed by atoms with van der Waals surface area (Å²) in [5.41, 5.74) is 0. The van der Waals surface area contributed by atoms with Crippen molar-refractivity contribution in [3.8, 4) is 0 Å². The molecule has 118 valence electrons. The van der Waals surface area contributed by atoms with Crippen LogP contribution in [0.4, 0.5) is 0 Å². The molecule has 1 saturated heterocycles. The van der Waals surface area contributed by atoms with Crippen LogP contribution in [0, 0.1) is 23.7 Å². The van der Waals surface area contributed by atoms with Gasteiger partial charge in [-0.3, -0.25) is 0 Å². The van der Waals surface area contributed by atoms with E-state index in [9.17, 15) is 10.2 Å². The van der Waals surface area contributed by atoms with E-state index < -0.39 is 0 Å². The molecule has 1 aliphatic carbocycles. The maximum atomic E-state index is 10.3. The number of hydrogen-bond donors (Lipinski definition) is 2. The van der Waals surface area contributed by atoms with Crippen LogP contribution in [0.5, 0.6) is 0 Å². The zero-order chi connectivity index (χ0) is 14.7. The normalized spacial score (nSPS) is 35.4. The summed E-state index contributed by atoms with van der Waals surface area (Å²) in [4.78, 5) is 2.51. The Morgan fingerprint density at radius 2 is 1.65 bits per heavy atom. The molecule has 4 unspecified atom stereocenters. The molecule has 0 aromatic rings. The highest BCUT2D eigenvalue weighted by molar-refractivity contribution is 4.85. The Labute approximate surface area is 124 Å². The highest BCUT2D eigenvalue weighted by Crippen LogP contribution is 2.35. The standard InChI is InChI=1S/C17H33NO2/c1-12(2)15-4-5-17(20)16(10-15)11-18-8-6-14(7-9-18)13(3)19/h12-17,19-20H,4-11H2,1-3H3. The quantitative estimate of drug-likeness (QED) is 0.833. The molecule has 0 bridgehead atoms. The predicted octanol–water partition coefficient (Wildman–Crippen LogP) is 2.51. The Hall–Kier alpha value is -0.120. The largest absolute Gasteiger partial charge is 0.393 e. The summed E-state index contributed by atoms with van der Waals surface area (Å²) in [5.74, 6) is 2.47. The van der Waals surface area contributed by atoms with E-state index in [1.807, 2.05) is 6.92 Å². The lowest BCUT2D eigenvalue weighted by atomic mass is 9.74. The van der Waals surface area contributed by atoms with Crippen LogP contribution in [0.2, 0.25) is 0 Å². The SMILES string of the molecule is CC(C)C1CCC(O)C(CN2CCC(C(C)O)CC2)C1. The molecule has 3 nitrogen and oxygen atoms in total. The molecule has 4 atom stereocenters. The summed E-state index contributed by atoms with van der Waals surface area (Å²) >= 11 is 0. The van der Waals surface area contributed by atoms with Crippen LogP contribution in [0.1, 0.15) is 52.9 Å². The number of nitrogens with zero attached hydrogens (tertiary/aromatic N) is 1. The third kappa shape index (κ3) is 4.19. The van der Waals surface area contributed by atoms with Crippen LogP contribution in [0.3, 0.4) is 0 Å². The summed E-state index contributed by atoms with van der Waals surface area (Å²) in [6, 6.07) is 0. The first-order valence-corrected chi connectivity index (χ1v) is 8.55. The number of piperidine rings is 1. The fourth-order valence-electron chi connectivity index (χ4n) is 4.04. The number of likely N-dealkylation sites (tertiary alicyclic amines) is 1. The van der Waals surface area contributed by atoms with Crippen molar-refractivity contribution in [2.24, 2.45) is 23.7 Å². The van der Waals surface area contributed by atoms with Gasteiger partial charge < -0.3 is 15.1 Å². The van der Waals surface area contributed by atoms with Crippen molar-refractivity contribution in [2.45, 2.75) is 65.1 Å². The summed E-state index contributed by atoms with van der Waals surface area (Å²) in [7, 11) is 0. The van der Waals surface area contributed by atoms with Gasteiger partial charge in [-0.1, -0.05) is 13.8 Å². The monoisotopic (exact) mass is 283 g/mol. The zero-order valence-corrected chi connectivity index (χ0v) is 13.5. The van der Waals surface area contributed by atoms with Crippen molar-refractivity contribution in [2.75, 3.05) is 19.6 Å². The minimum Gasteiger partial charge on any atom is -0.393 e. The maximum Gasteiger partial charge on any atom is 0.0580 e. The lowest BCUT2D eigenvalue weighted by Crippen LogP contribution is -2.44. The summed E-state index contributed by atoms with van der Waals surface area (Å²) in [6.45, 7) is 9.77. The molecule has 0 radical (unpaired) electrons. The van der Waals surface area contributed by atoms with Crippen LogP contribution in [0.25, 0.3) is 0 Å². The lowest BCUT2D eigenvalue weighted by Gasteiger charge is -2.40. The molecule has 2 aliphatic rings. The molecule has 1 aliphatic heterocycles. The number of aliphatic hydroxyl groups excluding tert-OH is 2. The van der Waals surface area contributed by atoms with Gasteiger partial charge in [-0.25, -0.2) is 0 Å². The zero-order valence-electron chi connectivity index (χ0n) is 13.5. The molecule has 0 spiro atoms. The molecule has 1 saturated carbocycles. The number of aliphatic hydroxyl groups is 2. The van der Waals surface area contributed by atoms with Gasteiger partial charge in [0, 0.05) is 6.54 Å². The van der Waals surface area contributed by atoms with E-state index in [2.05, 4.69) is 18.7 Å². The predicted molar refractivity (Wildman–Crippen MR) is 82.5 cm³/mol. The van der Waals surface area contributed by atoms with Gasteiger partial charge in [0.15, 0.2) is 0 Å². The number of hydrogen-bond acceptors (Lipinski definition) is 3. The highest BCUT2D eigenvalue weighted by Gasteiger charge is 2.33. The number of rotatable bonds is 4. The second kappa shape index (κ2) is 7.24. The second-order valence-electron chi connectivity index (χ2n) is 7.52. The van der Waals surface area contributed by atoms with Crippen molar-refractivity contribution in [1.82, 2.24) is 4.90 Å². The van der Waals surface area contributed by atoms with Crippen LogP contribution in [0.15, 0.2) is 0 Å². The lowest BCUT2D eigenvalue weighted by molar-refractivity contribution is 0.00543. The van der Waals surface area contributed by atoms with Crippen molar-refractivity contribution in [3.63, 3.8) is 0 Å². The Bertz CT molecular complexity index is 285. The molecule has 2 N–H and O–H groups in total. The van der Waals surface area contributed by atoms with Gasteiger partial charge in [0.1, 0.15) is 0 Å². The van der Waals surface area contributed by atoms with E-state index in [0.717, 1.165) is 50.7 Å². The minimum atomic E-state index is -0.164. The molecule has 2 fully saturated rings. The van der Waals surface area contributed by atoms with Crippen LogP contribution in [-0.2, 0) is 0 Å². The van der Waals surface area contributed by atoms with Gasteiger partial charge in [-0.2, -0.15) is 0 Å². The fraction of sp³-hybridized carbons (Fsp3) is 1.00. The van der Waals surface area contributed by atoms with Gasteiger partial charge in [0.2, 0.25) is 0 Å². The van der Waals surface area contributed by atoms with Gasteiger partial charge >= 0.3 is 0 Å². The van der Waals surface area contributed by atoms with Gasteiger partial charge in [0.05, 0.1) is 12.2 Å².